The van der Waals surface area contributed by atoms with Crippen LogP contribution in [-0.4, -0.2) is 33.8 Å². The molecule has 0 aliphatic carbocycles. The summed E-state index contributed by atoms with van der Waals surface area (Å²) in [5.41, 5.74) is 1.66. The van der Waals surface area contributed by atoms with Gasteiger partial charge in [0.25, 0.3) is 5.91 Å². The van der Waals surface area contributed by atoms with Crippen molar-refractivity contribution in [3.8, 4) is 0 Å². The highest BCUT2D eigenvalue weighted by atomic mass is 16.1. The Kier molecular flexibility index (Phi) is 4.70. The zero-order valence-electron chi connectivity index (χ0n) is 11.8. The van der Waals surface area contributed by atoms with Crippen LogP contribution in [0.3, 0.4) is 0 Å². The third-order valence-corrected chi connectivity index (χ3v) is 2.97. The van der Waals surface area contributed by atoms with Gasteiger partial charge in [-0.1, -0.05) is 0 Å². The number of nitrogens with one attached hydrogen (secondary N) is 2. The van der Waals surface area contributed by atoms with Crippen LogP contribution in [0.1, 0.15) is 23.0 Å². The van der Waals surface area contributed by atoms with Crippen molar-refractivity contribution < 1.29 is 4.79 Å². The lowest BCUT2D eigenvalue weighted by atomic mass is 10.2. The number of hydrogen-bond acceptors (Lipinski definition) is 4. The van der Waals surface area contributed by atoms with Crippen LogP contribution in [0.4, 0.5) is 5.82 Å². The number of rotatable bonds is 6. The van der Waals surface area contributed by atoms with Gasteiger partial charge in [0.15, 0.2) is 0 Å². The minimum atomic E-state index is -0.109. The van der Waals surface area contributed by atoms with Crippen LogP contribution in [0, 0.1) is 0 Å². The molecule has 6 nitrogen and oxygen atoms in total. The third-order valence-electron chi connectivity index (χ3n) is 2.97. The first kappa shape index (κ1) is 14.0. The van der Waals surface area contributed by atoms with Crippen LogP contribution in [0.2, 0.25) is 0 Å². The van der Waals surface area contributed by atoms with Crippen molar-refractivity contribution in [1.29, 1.82) is 0 Å². The lowest BCUT2D eigenvalue weighted by Gasteiger charge is -2.06. The topological polar surface area (TPSA) is 71.8 Å². The van der Waals surface area contributed by atoms with Crippen LogP contribution in [0.15, 0.2) is 30.6 Å². The molecule has 0 bridgehead atoms. The fourth-order valence-electron chi connectivity index (χ4n) is 1.87. The van der Waals surface area contributed by atoms with Crippen molar-refractivity contribution in [2.24, 2.45) is 7.05 Å². The molecule has 0 fully saturated rings. The highest BCUT2D eigenvalue weighted by Gasteiger charge is 2.06. The minimum Gasteiger partial charge on any atom is -0.370 e. The van der Waals surface area contributed by atoms with Crippen LogP contribution in [0.5, 0.6) is 0 Å². The predicted octanol–water partition coefficient (Wildman–Crippen LogP) is 1.22. The summed E-state index contributed by atoms with van der Waals surface area (Å²) in [6.07, 6.45) is 4.09. The van der Waals surface area contributed by atoms with Crippen molar-refractivity contribution in [2.45, 2.75) is 13.3 Å². The second kappa shape index (κ2) is 6.70. The lowest BCUT2D eigenvalue weighted by Crippen LogP contribution is -2.26. The second-order valence-electron chi connectivity index (χ2n) is 4.41. The standard InChI is InChI=1S/C14H19N5O/c1-3-15-13-5-4-11(10-17-13)14(20)16-8-6-12-7-9-18-19(12)2/h4-5,7,9-10H,3,6,8H2,1-2H3,(H,15,17)(H,16,20). The van der Waals surface area contributed by atoms with E-state index in [1.54, 1.807) is 29.2 Å². The van der Waals surface area contributed by atoms with Crippen LogP contribution in [-0.2, 0) is 13.5 Å². The first-order chi connectivity index (χ1) is 9.70. The quantitative estimate of drug-likeness (QED) is 0.830. The average Bonchev–Trinajstić information content (AvgIpc) is 2.85. The van der Waals surface area contributed by atoms with E-state index in [-0.39, 0.29) is 5.91 Å². The Morgan fingerprint density at radius 2 is 2.20 bits per heavy atom. The van der Waals surface area contributed by atoms with Gasteiger partial charge in [-0.2, -0.15) is 5.10 Å². The average molecular weight is 273 g/mol. The molecular weight excluding hydrogens is 254 g/mol. The summed E-state index contributed by atoms with van der Waals surface area (Å²) < 4.78 is 1.80. The third kappa shape index (κ3) is 3.57. The fourth-order valence-corrected chi connectivity index (χ4v) is 1.87. The molecule has 0 aliphatic heterocycles. The van der Waals surface area contributed by atoms with E-state index >= 15 is 0 Å². The number of carbonyl (C=O) groups excluding carboxylic acids is 1. The van der Waals surface area contributed by atoms with E-state index in [0.717, 1.165) is 24.5 Å². The van der Waals surface area contributed by atoms with Gasteiger partial charge in [-0.05, 0) is 25.1 Å². The van der Waals surface area contributed by atoms with E-state index < -0.39 is 0 Å². The summed E-state index contributed by atoms with van der Waals surface area (Å²) in [6, 6.07) is 5.52. The Bertz CT molecular complexity index is 561. The van der Waals surface area contributed by atoms with Gasteiger partial charge < -0.3 is 10.6 Å². The number of nitrogens with zero attached hydrogens (tertiary/aromatic N) is 3. The van der Waals surface area contributed by atoms with Crippen LogP contribution < -0.4 is 10.6 Å². The van der Waals surface area contributed by atoms with Gasteiger partial charge >= 0.3 is 0 Å². The predicted molar refractivity (Wildman–Crippen MR) is 77.6 cm³/mol. The Hall–Kier alpha value is -2.37. The second-order valence-corrected chi connectivity index (χ2v) is 4.41. The van der Waals surface area contributed by atoms with Crippen LogP contribution >= 0.6 is 0 Å². The first-order valence-corrected chi connectivity index (χ1v) is 6.65. The van der Waals surface area contributed by atoms with Gasteiger partial charge in [0.1, 0.15) is 5.82 Å². The van der Waals surface area contributed by atoms with Crippen molar-refractivity contribution in [3.05, 3.63) is 41.9 Å². The first-order valence-electron chi connectivity index (χ1n) is 6.65. The maximum atomic E-state index is 11.9. The highest BCUT2D eigenvalue weighted by Crippen LogP contribution is 2.04. The van der Waals surface area contributed by atoms with Gasteiger partial charge in [0, 0.05) is 44.6 Å². The SMILES string of the molecule is CCNc1ccc(C(=O)NCCc2ccnn2C)cn1. The molecule has 0 saturated carbocycles. The Morgan fingerprint density at radius 3 is 2.80 bits per heavy atom. The van der Waals surface area contributed by atoms with E-state index in [0.29, 0.717) is 12.1 Å². The Balaban J connectivity index is 1.84. The molecule has 0 atom stereocenters. The monoisotopic (exact) mass is 273 g/mol. The van der Waals surface area contributed by atoms with Gasteiger partial charge in [-0.25, -0.2) is 4.98 Å². The summed E-state index contributed by atoms with van der Waals surface area (Å²) in [5, 5.41) is 10.1. The summed E-state index contributed by atoms with van der Waals surface area (Å²) in [7, 11) is 1.89. The Labute approximate surface area is 118 Å². The Morgan fingerprint density at radius 1 is 1.35 bits per heavy atom. The highest BCUT2D eigenvalue weighted by molar-refractivity contribution is 5.94. The summed E-state index contributed by atoms with van der Waals surface area (Å²) >= 11 is 0. The number of hydrogen-bond donors (Lipinski definition) is 2. The van der Waals surface area contributed by atoms with E-state index in [9.17, 15) is 4.79 Å². The van der Waals surface area contributed by atoms with E-state index in [2.05, 4.69) is 20.7 Å². The maximum Gasteiger partial charge on any atom is 0.252 e. The smallest absolute Gasteiger partial charge is 0.252 e. The maximum absolute atomic E-state index is 11.9. The molecule has 6 heteroatoms. The molecule has 0 aliphatic rings. The minimum absolute atomic E-state index is 0.109. The molecule has 106 valence electrons. The summed E-state index contributed by atoms with van der Waals surface area (Å²) in [5.74, 6) is 0.668. The van der Waals surface area contributed by atoms with Crippen molar-refractivity contribution >= 4 is 11.7 Å². The van der Waals surface area contributed by atoms with Gasteiger partial charge in [0.2, 0.25) is 0 Å². The number of pyridine rings is 1. The molecular formula is C14H19N5O. The van der Waals surface area contributed by atoms with Gasteiger partial charge in [0.05, 0.1) is 5.56 Å². The van der Waals surface area contributed by atoms with Crippen molar-refractivity contribution in [3.63, 3.8) is 0 Å². The van der Waals surface area contributed by atoms with E-state index in [1.165, 1.54) is 0 Å². The number of carbonyl (C=O) groups is 1. The molecule has 20 heavy (non-hydrogen) atoms. The number of anilines is 1. The van der Waals surface area contributed by atoms with Crippen molar-refractivity contribution in [1.82, 2.24) is 20.1 Å². The normalized spacial score (nSPS) is 10.3. The van der Waals surface area contributed by atoms with E-state index in [1.807, 2.05) is 20.0 Å². The zero-order chi connectivity index (χ0) is 14.4. The van der Waals surface area contributed by atoms with Gasteiger partial charge in [-0.3, -0.25) is 9.48 Å². The molecule has 0 spiro atoms. The largest absolute Gasteiger partial charge is 0.370 e. The number of aryl methyl sites for hydroxylation is 1. The number of aromatic nitrogens is 3. The summed E-state index contributed by atoms with van der Waals surface area (Å²) in [6.45, 7) is 3.39. The van der Waals surface area contributed by atoms with Crippen molar-refractivity contribution in [2.75, 3.05) is 18.4 Å². The molecule has 0 radical (unpaired) electrons. The molecule has 1 amide bonds. The van der Waals surface area contributed by atoms with Gasteiger partial charge in [-0.15, -0.1) is 0 Å². The number of amides is 1. The molecule has 0 unspecified atom stereocenters. The zero-order valence-corrected chi connectivity index (χ0v) is 11.8. The van der Waals surface area contributed by atoms with E-state index in [4.69, 9.17) is 0 Å². The molecule has 2 N–H and O–H groups in total. The molecule has 0 saturated heterocycles. The van der Waals surface area contributed by atoms with Crippen LogP contribution in [0.25, 0.3) is 0 Å². The molecule has 2 aromatic rings. The molecule has 2 aromatic heterocycles. The molecule has 0 aromatic carbocycles. The molecule has 2 heterocycles. The fraction of sp³-hybridized carbons (Fsp3) is 0.357. The lowest BCUT2D eigenvalue weighted by molar-refractivity contribution is 0.0953. The molecule has 2 rings (SSSR count). The summed E-state index contributed by atoms with van der Waals surface area (Å²) in [4.78, 5) is 16.1.